The summed E-state index contributed by atoms with van der Waals surface area (Å²) in [6, 6.07) is 7.08. The number of hydrogen-bond acceptors (Lipinski definition) is 5. The molecular weight excluding hydrogens is 296 g/mol. The summed E-state index contributed by atoms with van der Waals surface area (Å²) >= 11 is 0. The van der Waals surface area contributed by atoms with Crippen LogP contribution in [0.5, 0.6) is 0 Å². The Morgan fingerprint density at radius 3 is 2.70 bits per heavy atom. The van der Waals surface area contributed by atoms with E-state index >= 15 is 0 Å². The van der Waals surface area contributed by atoms with Gasteiger partial charge in [-0.15, -0.1) is 0 Å². The molecule has 2 heterocycles. The highest BCUT2D eigenvalue weighted by molar-refractivity contribution is 6.52. The second-order valence-corrected chi connectivity index (χ2v) is 6.06. The summed E-state index contributed by atoms with van der Waals surface area (Å²) in [7, 11) is 0. The number of rotatable bonds is 2. The average Bonchev–Trinajstić information content (AvgIpc) is 2.59. The molecule has 0 saturated carbocycles. The largest absolute Gasteiger partial charge is 0.463 e. The molecule has 1 aromatic carbocycles. The van der Waals surface area contributed by atoms with Crippen LogP contribution in [0.1, 0.15) is 42.1 Å². The topological polar surface area (TPSA) is 61.8 Å². The van der Waals surface area contributed by atoms with Crippen molar-refractivity contribution in [3.05, 3.63) is 41.0 Å². The maximum atomic E-state index is 12.4. The van der Waals surface area contributed by atoms with E-state index in [-0.39, 0.29) is 12.2 Å². The molecule has 2 aliphatic heterocycles. The highest BCUT2D eigenvalue weighted by atomic mass is 16.8. The molecule has 5 nitrogen and oxygen atoms in total. The van der Waals surface area contributed by atoms with Crippen molar-refractivity contribution < 1.29 is 23.8 Å². The fourth-order valence-corrected chi connectivity index (χ4v) is 3.55. The smallest absolute Gasteiger partial charge is 0.234 e. The quantitative estimate of drug-likeness (QED) is 0.785. The lowest BCUT2D eigenvalue weighted by Crippen LogP contribution is -2.42. The first-order chi connectivity index (χ1) is 11.2. The molecule has 3 atom stereocenters. The van der Waals surface area contributed by atoms with Crippen molar-refractivity contribution in [1.82, 2.24) is 0 Å². The van der Waals surface area contributed by atoms with E-state index in [0.29, 0.717) is 35.5 Å². The van der Waals surface area contributed by atoms with Crippen molar-refractivity contribution in [1.29, 1.82) is 0 Å². The highest BCUT2D eigenvalue weighted by Crippen LogP contribution is 2.43. The molecule has 1 unspecified atom stereocenters. The summed E-state index contributed by atoms with van der Waals surface area (Å²) in [5.74, 6) is -0.287. The van der Waals surface area contributed by atoms with Gasteiger partial charge in [-0.3, -0.25) is 9.59 Å². The molecule has 23 heavy (non-hydrogen) atoms. The molecule has 0 bridgehead atoms. The third-order valence-corrected chi connectivity index (χ3v) is 4.67. The number of hydrogen-bond donors (Lipinski definition) is 0. The molecule has 0 spiro atoms. The molecule has 1 fully saturated rings. The molecule has 120 valence electrons. The number of ketones is 2. The molecule has 0 amide bonds. The molecule has 0 aromatic heterocycles. The third kappa shape index (κ3) is 2.31. The standard InChI is InChI=1S/C18H18O5/c1-2-21-14-8-7-10-9-13-16(20)15(19)11-5-3-4-6-12(11)17(13)23-18(10)22-14/h3-6,10,14,18H,2,7-9H2,1H3/t10-,14?,18+/m0/s1. The monoisotopic (exact) mass is 314 g/mol. The van der Waals surface area contributed by atoms with Gasteiger partial charge in [0.15, 0.2) is 6.29 Å². The van der Waals surface area contributed by atoms with Gasteiger partial charge in [-0.1, -0.05) is 24.3 Å². The van der Waals surface area contributed by atoms with Crippen LogP contribution in [0.2, 0.25) is 0 Å². The second-order valence-electron chi connectivity index (χ2n) is 6.06. The number of benzene rings is 1. The lowest BCUT2D eigenvalue weighted by Gasteiger charge is -2.41. The minimum atomic E-state index is -0.441. The van der Waals surface area contributed by atoms with Crippen LogP contribution < -0.4 is 0 Å². The Hall–Kier alpha value is -1.98. The summed E-state index contributed by atoms with van der Waals surface area (Å²) < 4.78 is 17.4. The number of allylic oxidation sites excluding steroid dienone is 1. The predicted octanol–water partition coefficient (Wildman–Crippen LogP) is 2.70. The zero-order chi connectivity index (χ0) is 16.0. The van der Waals surface area contributed by atoms with E-state index in [1.165, 1.54) is 0 Å². The van der Waals surface area contributed by atoms with Gasteiger partial charge >= 0.3 is 0 Å². The first kappa shape index (κ1) is 14.6. The second kappa shape index (κ2) is 5.58. The van der Waals surface area contributed by atoms with E-state index in [9.17, 15) is 9.59 Å². The number of ether oxygens (including phenoxy) is 3. The Morgan fingerprint density at radius 2 is 1.91 bits per heavy atom. The Balaban J connectivity index is 1.70. The summed E-state index contributed by atoms with van der Waals surface area (Å²) in [5, 5.41) is 0. The predicted molar refractivity (Wildman–Crippen MR) is 81.4 cm³/mol. The van der Waals surface area contributed by atoms with E-state index < -0.39 is 17.9 Å². The van der Waals surface area contributed by atoms with Crippen molar-refractivity contribution in [2.45, 2.75) is 38.8 Å². The van der Waals surface area contributed by atoms with E-state index in [2.05, 4.69) is 0 Å². The van der Waals surface area contributed by atoms with Crippen LogP contribution in [0.3, 0.4) is 0 Å². The van der Waals surface area contributed by atoms with E-state index in [0.717, 1.165) is 12.8 Å². The normalized spacial score (nSPS) is 29.5. The molecule has 4 rings (SSSR count). The minimum Gasteiger partial charge on any atom is -0.463 e. The van der Waals surface area contributed by atoms with Gasteiger partial charge in [-0.05, 0) is 26.2 Å². The van der Waals surface area contributed by atoms with Gasteiger partial charge < -0.3 is 14.2 Å². The van der Waals surface area contributed by atoms with Gasteiger partial charge in [-0.25, -0.2) is 0 Å². The number of carbonyl (C=O) groups is 2. The first-order valence-electron chi connectivity index (χ1n) is 8.04. The number of carbonyl (C=O) groups excluding carboxylic acids is 2. The van der Waals surface area contributed by atoms with Crippen molar-refractivity contribution in [3.63, 3.8) is 0 Å². The fraction of sp³-hybridized carbons (Fsp3) is 0.444. The van der Waals surface area contributed by atoms with Gasteiger partial charge in [0.05, 0.1) is 0 Å². The maximum Gasteiger partial charge on any atom is 0.234 e. The molecule has 0 N–H and O–H groups in total. The number of fused-ring (bicyclic) bond motifs is 3. The highest BCUT2D eigenvalue weighted by Gasteiger charge is 2.44. The zero-order valence-corrected chi connectivity index (χ0v) is 12.9. The van der Waals surface area contributed by atoms with Gasteiger partial charge in [-0.2, -0.15) is 0 Å². The van der Waals surface area contributed by atoms with Gasteiger partial charge in [0.1, 0.15) is 5.76 Å². The summed E-state index contributed by atoms with van der Waals surface area (Å²) in [6.45, 7) is 2.52. The lowest BCUT2D eigenvalue weighted by molar-refractivity contribution is -0.270. The van der Waals surface area contributed by atoms with Crippen LogP contribution in [0.25, 0.3) is 5.76 Å². The molecule has 0 radical (unpaired) electrons. The molecule has 1 aliphatic carbocycles. The van der Waals surface area contributed by atoms with Crippen molar-refractivity contribution in [2.75, 3.05) is 6.61 Å². The van der Waals surface area contributed by atoms with E-state index in [1.54, 1.807) is 12.1 Å². The molecule has 1 saturated heterocycles. The molecule has 5 heteroatoms. The molecule has 3 aliphatic rings. The lowest BCUT2D eigenvalue weighted by atomic mass is 9.80. The summed E-state index contributed by atoms with van der Waals surface area (Å²) in [6.07, 6.45) is 1.47. The van der Waals surface area contributed by atoms with Gasteiger partial charge in [0.2, 0.25) is 17.9 Å². The Bertz CT molecular complexity index is 705. The minimum absolute atomic E-state index is 0.0902. The Labute approximate surface area is 134 Å². The Kier molecular flexibility index (Phi) is 3.54. The van der Waals surface area contributed by atoms with Crippen molar-refractivity contribution in [3.8, 4) is 0 Å². The third-order valence-electron chi connectivity index (χ3n) is 4.67. The van der Waals surface area contributed by atoms with E-state index in [1.807, 2.05) is 19.1 Å². The van der Waals surface area contributed by atoms with Gasteiger partial charge in [0.25, 0.3) is 0 Å². The van der Waals surface area contributed by atoms with Crippen LogP contribution in [0.4, 0.5) is 0 Å². The Morgan fingerprint density at radius 1 is 1.13 bits per heavy atom. The fourth-order valence-electron chi connectivity index (χ4n) is 3.55. The summed E-state index contributed by atoms with van der Waals surface area (Å²) in [4.78, 5) is 24.7. The van der Waals surface area contributed by atoms with Crippen LogP contribution >= 0.6 is 0 Å². The summed E-state index contributed by atoms with van der Waals surface area (Å²) in [5.41, 5.74) is 1.59. The number of Topliss-reactive ketones (excluding diaryl/α,β-unsaturated/α-hetero) is 2. The van der Waals surface area contributed by atoms with Gasteiger partial charge in [0, 0.05) is 29.2 Å². The average molecular weight is 314 g/mol. The van der Waals surface area contributed by atoms with Crippen LogP contribution in [0.15, 0.2) is 29.8 Å². The van der Waals surface area contributed by atoms with Crippen molar-refractivity contribution >= 4 is 17.3 Å². The first-order valence-corrected chi connectivity index (χ1v) is 8.04. The van der Waals surface area contributed by atoms with Crippen LogP contribution in [-0.2, 0) is 19.0 Å². The van der Waals surface area contributed by atoms with E-state index in [4.69, 9.17) is 14.2 Å². The molecular formula is C18H18O5. The van der Waals surface area contributed by atoms with Crippen molar-refractivity contribution in [2.24, 2.45) is 5.92 Å². The maximum absolute atomic E-state index is 12.4. The SMILES string of the molecule is CCOC1CC[C@H]2CC3=C(O[C@H]2O1)c1ccccc1C(=O)C3=O. The van der Waals surface area contributed by atoms with Crippen LogP contribution in [0, 0.1) is 5.92 Å². The van der Waals surface area contributed by atoms with Crippen LogP contribution in [-0.4, -0.2) is 30.8 Å². The zero-order valence-electron chi connectivity index (χ0n) is 12.9. The molecule has 1 aromatic rings.